The van der Waals surface area contributed by atoms with Gasteiger partial charge in [-0.25, -0.2) is 9.59 Å². The molecule has 23 nitrogen and oxygen atoms in total. The van der Waals surface area contributed by atoms with E-state index in [1.165, 1.54) is 19.1 Å². The van der Waals surface area contributed by atoms with Crippen LogP contribution in [0.3, 0.4) is 0 Å². The smallest absolute Gasteiger partial charge is 0.335 e. The van der Waals surface area contributed by atoms with Gasteiger partial charge >= 0.3 is 17.9 Å². The molecular formula is C55H89N5O18. The molecule has 78 heavy (non-hydrogen) atoms. The van der Waals surface area contributed by atoms with Gasteiger partial charge < -0.3 is 65.6 Å². The fraction of sp³-hybridized carbons (Fsp3) is 0.709. The van der Waals surface area contributed by atoms with Crippen LogP contribution in [0.15, 0.2) is 24.3 Å². The molecule has 4 atom stereocenters. The highest BCUT2D eigenvalue weighted by Crippen LogP contribution is 2.19. The van der Waals surface area contributed by atoms with Crippen LogP contribution in [0.4, 0.5) is 0 Å². The second kappa shape index (κ2) is 45.0. The van der Waals surface area contributed by atoms with Gasteiger partial charge in [-0.3, -0.25) is 38.4 Å². The molecule has 0 aromatic heterocycles. The maximum atomic E-state index is 13.2. The zero-order chi connectivity index (χ0) is 57.8. The molecule has 1 aromatic carbocycles. The summed E-state index contributed by atoms with van der Waals surface area (Å²) < 4.78 is 27.2. The number of rotatable bonds is 52. The van der Waals surface area contributed by atoms with Crippen LogP contribution in [-0.4, -0.2) is 172 Å². The molecule has 1 aromatic rings. The molecule has 0 spiro atoms. The molecular weight excluding hydrogens is 1020 g/mol. The van der Waals surface area contributed by atoms with E-state index in [0.717, 1.165) is 44.9 Å². The van der Waals surface area contributed by atoms with E-state index >= 15 is 0 Å². The number of carboxylic acid groups (broad SMARTS) is 3. The lowest BCUT2D eigenvalue weighted by Gasteiger charge is -2.22. The third kappa shape index (κ3) is 37.0. The van der Waals surface area contributed by atoms with Crippen LogP contribution in [0.25, 0.3) is 0 Å². The maximum absolute atomic E-state index is 13.2. The molecule has 8 N–H and O–H groups in total. The van der Waals surface area contributed by atoms with E-state index in [4.69, 9.17) is 33.9 Å². The number of likely N-dealkylation sites (N-methyl/N-ethyl adjacent to an activating group) is 1. The van der Waals surface area contributed by atoms with Gasteiger partial charge in [-0.15, -0.1) is 0 Å². The first-order chi connectivity index (χ1) is 37.5. The molecule has 0 radical (unpaired) electrons. The van der Waals surface area contributed by atoms with Crippen LogP contribution < -0.4 is 31.3 Å². The average molecular weight is 1110 g/mol. The molecule has 0 saturated carbocycles. The minimum absolute atomic E-state index is 0.00480. The first-order valence-electron chi connectivity index (χ1n) is 27.5. The number of carbonyl (C=O) groups is 10. The fourth-order valence-corrected chi connectivity index (χ4v) is 7.95. The summed E-state index contributed by atoms with van der Waals surface area (Å²) in [6.45, 7) is 5.12. The van der Waals surface area contributed by atoms with Gasteiger partial charge in [0.2, 0.25) is 23.6 Å². The van der Waals surface area contributed by atoms with Gasteiger partial charge in [0.05, 0.1) is 57.3 Å². The fourth-order valence-electron chi connectivity index (χ4n) is 7.95. The van der Waals surface area contributed by atoms with Gasteiger partial charge in [0.15, 0.2) is 5.78 Å². The van der Waals surface area contributed by atoms with Crippen LogP contribution >= 0.6 is 0 Å². The number of ketones is 3. The zero-order valence-corrected chi connectivity index (χ0v) is 46.2. The largest absolute Gasteiger partial charge is 0.494 e. The number of nitrogens with one attached hydrogen (secondary N) is 5. The predicted molar refractivity (Wildman–Crippen MR) is 287 cm³/mol. The average Bonchev–Trinajstić information content (AvgIpc) is 3.40. The quantitative estimate of drug-likeness (QED) is 0.0421. The lowest BCUT2D eigenvalue weighted by atomic mass is 9.91. The second-order valence-corrected chi connectivity index (χ2v) is 19.0. The zero-order valence-electron chi connectivity index (χ0n) is 46.2. The number of benzene rings is 1. The Morgan fingerprint density at radius 2 is 1.12 bits per heavy atom. The summed E-state index contributed by atoms with van der Waals surface area (Å²) in [6, 6.07) is 3.87. The number of aliphatic carboxylic acids is 2. The van der Waals surface area contributed by atoms with Crippen molar-refractivity contribution in [2.24, 2.45) is 5.92 Å². The minimum Gasteiger partial charge on any atom is -0.494 e. The van der Waals surface area contributed by atoms with Crippen LogP contribution in [0.2, 0.25) is 0 Å². The van der Waals surface area contributed by atoms with Crippen molar-refractivity contribution in [3.63, 3.8) is 0 Å². The standard InChI is InChI=1S/C55H89N5O18/c1-4-15-46(56-3)48(63)27-21-41(53(69)60-45(40(2)61)26-28-52(67)68)16-11-12-29-57-50(65)38-77-37-35-75-33-30-58-51(66)39-76-36-34-74-31-14-17-43(62)22-25-47(55(72)73)59-49(64)18-10-8-6-5-7-9-13-32-78-44-23-19-42(20-24-44)54(70)71/h19-20,23-24,41,45-47,56H,4-18,21-22,25-39H2,1-3H3,(H,57,65)(H,58,66)(H,59,64)(H,60,69)(H,67,68)(H,70,71)(H,72,73)/t41-,45+,46+,47+/m1/s1. The van der Waals surface area contributed by atoms with E-state index in [0.29, 0.717) is 57.4 Å². The summed E-state index contributed by atoms with van der Waals surface area (Å²) in [5, 5.41) is 41.2. The number of carboxylic acids is 3. The summed E-state index contributed by atoms with van der Waals surface area (Å²) in [6.07, 6.45) is 10.2. The Balaban J connectivity index is 2.08. The van der Waals surface area contributed by atoms with E-state index < -0.39 is 41.8 Å². The number of amides is 4. The van der Waals surface area contributed by atoms with Gasteiger partial charge in [0.25, 0.3) is 0 Å². The highest BCUT2D eigenvalue weighted by molar-refractivity contribution is 5.90. The normalized spacial score (nSPS) is 12.6. The molecule has 0 unspecified atom stereocenters. The van der Waals surface area contributed by atoms with Gasteiger partial charge in [-0.1, -0.05) is 51.9 Å². The Labute approximate surface area is 459 Å². The van der Waals surface area contributed by atoms with Crippen molar-refractivity contribution in [2.75, 3.05) is 79.6 Å². The molecule has 0 aliphatic heterocycles. The number of carbonyl (C=O) groups excluding carboxylic acids is 7. The number of aromatic carboxylic acids is 1. The topological polar surface area (TPSA) is 338 Å². The van der Waals surface area contributed by atoms with Gasteiger partial charge in [0, 0.05) is 57.7 Å². The molecule has 0 saturated heterocycles. The van der Waals surface area contributed by atoms with Crippen molar-refractivity contribution in [3.8, 4) is 5.75 Å². The Bertz CT molecular complexity index is 1940. The van der Waals surface area contributed by atoms with Crippen LogP contribution in [0, 0.1) is 5.92 Å². The minimum atomic E-state index is -1.19. The lowest BCUT2D eigenvalue weighted by Crippen LogP contribution is -2.43. The van der Waals surface area contributed by atoms with Gasteiger partial charge in [-0.05, 0) is 96.0 Å². The molecule has 0 bridgehead atoms. The summed E-state index contributed by atoms with van der Waals surface area (Å²) in [5.74, 6) is -5.17. The summed E-state index contributed by atoms with van der Waals surface area (Å²) in [5.41, 5.74) is 0.209. The Hall–Kier alpha value is -5.88. The van der Waals surface area contributed by atoms with E-state index in [1.807, 2.05) is 6.92 Å². The first-order valence-corrected chi connectivity index (χ1v) is 27.5. The summed E-state index contributed by atoms with van der Waals surface area (Å²) in [4.78, 5) is 121. The highest BCUT2D eigenvalue weighted by Gasteiger charge is 2.26. The van der Waals surface area contributed by atoms with Crippen molar-refractivity contribution in [3.05, 3.63) is 29.8 Å². The Morgan fingerprint density at radius 3 is 1.72 bits per heavy atom. The lowest BCUT2D eigenvalue weighted by molar-refractivity contribution is -0.142. The number of Topliss-reactive ketones (excluding diaryl/α,β-unsaturated/α-hetero) is 3. The molecule has 0 aliphatic carbocycles. The molecule has 23 heteroatoms. The number of unbranched alkanes of at least 4 members (excludes halogenated alkanes) is 7. The van der Waals surface area contributed by atoms with Crippen molar-refractivity contribution < 1.29 is 86.9 Å². The molecule has 442 valence electrons. The van der Waals surface area contributed by atoms with Crippen molar-refractivity contribution >= 4 is 58.9 Å². The third-order valence-corrected chi connectivity index (χ3v) is 12.5. The van der Waals surface area contributed by atoms with E-state index in [-0.39, 0.29) is 157 Å². The first kappa shape index (κ1) is 70.1. The number of hydrogen-bond acceptors (Lipinski definition) is 16. The molecule has 0 aliphatic rings. The SMILES string of the molecule is CCC[C@H](NC)C(=O)CC[C@@H](CCCCNC(=O)COCCOCCNC(=O)COCCOCCCC(=O)CC[C@H](NC(=O)CCCCCCCCCOc1ccc(C(=O)O)cc1)C(=O)O)C(=O)N[C@@H](CCC(=O)O)C(C)=O. The molecule has 0 heterocycles. The number of hydrogen-bond donors (Lipinski definition) is 8. The predicted octanol–water partition coefficient (Wildman–Crippen LogP) is 4.34. The van der Waals surface area contributed by atoms with E-state index in [1.54, 1.807) is 19.2 Å². The monoisotopic (exact) mass is 1110 g/mol. The van der Waals surface area contributed by atoms with Gasteiger partial charge in [-0.2, -0.15) is 0 Å². The Morgan fingerprint density at radius 1 is 0.513 bits per heavy atom. The molecule has 1 rings (SSSR count). The third-order valence-electron chi connectivity index (χ3n) is 12.5. The van der Waals surface area contributed by atoms with Crippen molar-refractivity contribution in [1.29, 1.82) is 0 Å². The van der Waals surface area contributed by atoms with Crippen LogP contribution in [-0.2, 0) is 62.1 Å². The van der Waals surface area contributed by atoms with E-state index in [2.05, 4.69) is 26.6 Å². The Kier molecular flexibility index (Phi) is 40.5. The van der Waals surface area contributed by atoms with Crippen molar-refractivity contribution in [2.45, 2.75) is 167 Å². The summed E-state index contributed by atoms with van der Waals surface area (Å²) >= 11 is 0. The molecule has 4 amide bonds. The maximum Gasteiger partial charge on any atom is 0.335 e. The van der Waals surface area contributed by atoms with Crippen LogP contribution in [0.1, 0.15) is 159 Å². The van der Waals surface area contributed by atoms with Crippen molar-refractivity contribution in [1.82, 2.24) is 26.6 Å². The van der Waals surface area contributed by atoms with E-state index in [9.17, 15) is 53.1 Å². The second-order valence-electron chi connectivity index (χ2n) is 19.0. The number of ether oxygens (including phenoxy) is 5. The van der Waals surface area contributed by atoms with Crippen LogP contribution in [0.5, 0.6) is 5.75 Å². The molecule has 0 fully saturated rings. The highest BCUT2D eigenvalue weighted by atomic mass is 16.5. The van der Waals surface area contributed by atoms with Gasteiger partial charge in [0.1, 0.15) is 36.6 Å². The summed E-state index contributed by atoms with van der Waals surface area (Å²) in [7, 11) is 1.71.